The normalized spacial score (nSPS) is 17.9. The largest absolute Gasteiger partial charge is 0.479 e. The number of rotatable bonds is 4. The smallest absolute Gasteiger partial charge is 0.149 e. The monoisotopic (exact) mass is 394 g/mol. The van der Waals surface area contributed by atoms with Gasteiger partial charge in [0.05, 0.1) is 0 Å². The Hall–Kier alpha value is -2.97. The van der Waals surface area contributed by atoms with E-state index in [4.69, 9.17) is 4.74 Å². The van der Waals surface area contributed by atoms with Crippen LogP contribution in [0.3, 0.4) is 0 Å². The van der Waals surface area contributed by atoms with Gasteiger partial charge in [-0.3, -0.25) is 0 Å². The van der Waals surface area contributed by atoms with E-state index in [1.54, 1.807) is 11.8 Å². The highest BCUT2D eigenvalue weighted by Crippen LogP contribution is 2.44. The Bertz CT molecular complexity index is 1070. The first-order valence-corrected chi connectivity index (χ1v) is 10.9. The second-order valence-corrected chi connectivity index (χ2v) is 8.53. The van der Waals surface area contributed by atoms with E-state index in [0.29, 0.717) is 5.92 Å². The summed E-state index contributed by atoms with van der Waals surface area (Å²) < 4.78 is 6.34. The molecule has 0 unspecified atom stereocenters. The molecular formula is C27H22OS. The summed E-state index contributed by atoms with van der Waals surface area (Å²) in [5.74, 6) is 1.34. The summed E-state index contributed by atoms with van der Waals surface area (Å²) in [5.41, 5.74) is 5.24. The Balaban J connectivity index is 1.45. The first-order chi connectivity index (χ1) is 14.4. The van der Waals surface area contributed by atoms with Crippen LogP contribution in [0.15, 0.2) is 114 Å². The maximum atomic E-state index is 6.34. The molecule has 0 fully saturated rings. The molecule has 0 bridgehead atoms. The summed E-state index contributed by atoms with van der Waals surface area (Å²) in [5, 5.41) is 0. The molecule has 0 radical (unpaired) electrons. The fourth-order valence-corrected chi connectivity index (χ4v) is 5.02. The number of thioether (sulfide) groups is 1. The van der Waals surface area contributed by atoms with Crippen molar-refractivity contribution in [2.45, 2.75) is 22.7 Å². The molecule has 4 aromatic carbocycles. The fourth-order valence-electron chi connectivity index (χ4n) is 3.96. The third kappa shape index (κ3) is 3.94. The van der Waals surface area contributed by atoms with E-state index in [0.717, 1.165) is 12.2 Å². The van der Waals surface area contributed by atoms with Gasteiger partial charge in [-0.15, -0.1) is 0 Å². The molecule has 0 saturated heterocycles. The third-order valence-corrected chi connectivity index (χ3v) is 6.51. The van der Waals surface area contributed by atoms with Crippen LogP contribution in [-0.2, 0) is 0 Å². The quantitative estimate of drug-likeness (QED) is 0.357. The van der Waals surface area contributed by atoms with Gasteiger partial charge in [0.2, 0.25) is 0 Å². The maximum absolute atomic E-state index is 6.34. The summed E-state index contributed by atoms with van der Waals surface area (Å²) in [7, 11) is 0. The van der Waals surface area contributed by atoms with Gasteiger partial charge in [-0.25, -0.2) is 0 Å². The van der Waals surface area contributed by atoms with E-state index in [1.807, 2.05) is 0 Å². The lowest BCUT2D eigenvalue weighted by atomic mass is 9.86. The number of hydrogen-bond acceptors (Lipinski definition) is 2. The predicted molar refractivity (Wildman–Crippen MR) is 121 cm³/mol. The zero-order valence-corrected chi connectivity index (χ0v) is 16.9. The van der Waals surface area contributed by atoms with Crippen molar-refractivity contribution < 1.29 is 4.74 Å². The molecule has 4 aromatic rings. The summed E-state index contributed by atoms with van der Waals surface area (Å²) in [6.07, 6.45) is 0.960. The Morgan fingerprint density at radius 1 is 0.621 bits per heavy atom. The maximum Gasteiger partial charge on any atom is 0.149 e. The molecule has 0 aliphatic carbocycles. The van der Waals surface area contributed by atoms with Gasteiger partial charge in [0.1, 0.15) is 11.2 Å². The molecule has 2 atom stereocenters. The average Bonchev–Trinajstić information content (AvgIpc) is 2.80. The summed E-state index contributed by atoms with van der Waals surface area (Å²) in [6, 6.07) is 38.6. The van der Waals surface area contributed by atoms with Gasteiger partial charge in [0.15, 0.2) is 0 Å². The van der Waals surface area contributed by atoms with Crippen LogP contribution in [0.5, 0.6) is 5.75 Å². The zero-order valence-electron chi connectivity index (χ0n) is 16.1. The summed E-state index contributed by atoms with van der Waals surface area (Å²) >= 11 is 1.80. The minimum atomic E-state index is 0.103. The number of fused-ring (bicyclic) bond motifs is 1. The van der Waals surface area contributed by atoms with Crippen LogP contribution in [0.1, 0.15) is 23.5 Å². The molecule has 142 valence electrons. The first-order valence-electron chi connectivity index (χ1n) is 9.99. The molecular weight excluding hydrogens is 372 g/mol. The minimum Gasteiger partial charge on any atom is -0.479 e. The van der Waals surface area contributed by atoms with Crippen LogP contribution < -0.4 is 4.74 Å². The standard InChI is InChI=1S/C27H22OS/c1-3-9-20(10-4-1)21-15-17-22(18-16-21)25-19-27(29-23-11-5-2-6-12-23)28-26-14-8-7-13-24(25)26/h1-18,25,27H,19H2/t25-,27-/m0/s1. The number of ether oxygens (including phenoxy) is 1. The lowest BCUT2D eigenvalue weighted by Gasteiger charge is -2.32. The molecule has 5 rings (SSSR count). The summed E-state index contributed by atoms with van der Waals surface area (Å²) in [6.45, 7) is 0. The van der Waals surface area contributed by atoms with Crippen molar-refractivity contribution in [1.29, 1.82) is 0 Å². The van der Waals surface area contributed by atoms with E-state index in [-0.39, 0.29) is 5.44 Å². The minimum absolute atomic E-state index is 0.103. The van der Waals surface area contributed by atoms with Gasteiger partial charge >= 0.3 is 0 Å². The molecule has 29 heavy (non-hydrogen) atoms. The molecule has 0 saturated carbocycles. The van der Waals surface area contributed by atoms with Crippen molar-refractivity contribution in [3.63, 3.8) is 0 Å². The van der Waals surface area contributed by atoms with Gasteiger partial charge in [-0.1, -0.05) is 103 Å². The van der Waals surface area contributed by atoms with Crippen LogP contribution >= 0.6 is 11.8 Å². The first kappa shape index (κ1) is 18.1. The van der Waals surface area contributed by atoms with E-state index in [1.165, 1.54) is 27.1 Å². The van der Waals surface area contributed by atoms with Crippen LogP contribution in [0.25, 0.3) is 11.1 Å². The van der Waals surface area contributed by atoms with E-state index in [2.05, 4.69) is 109 Å². The summed E-state index contributed by atoms with van der Waals surface area (Å²) in [4.78, 5) is 1.25. The highest BCUT2D eigenvalue weighted by Gasteiger charge is 2.29. The van der Waals surface area contributed by atoms with E-state index in [9.17, 15) is 0 Å². The zero-order chi connectivity index (χ0) is 19.5. The van der Waals surface area contributed by atoms with Crippen LogP contribution in [0, 0.1) is 0 Å². The van der Waals surface area contributed by atoms with E-state index >= 15 is 0 Å². The Morgan fingerprint density at radius 2 is 1.24 bits per heavy atom. The SMILES string of the molecule is c1ccc(S[C@H]2C[C@@H](c3ccc(-c4ccccc4)cc3)c3ccccc3O2)cc1. The molecule has 1 aliphatic heterocycles. The van der Waals surface area contributed by atoms with Gasteiger partial charge in [-0.2, -0.15) is 0 Å². The van der Waals surface area contributed by atoms with Crippen LogP contribution in [0.2, 0.25) is 0 Å². The molecule has 0 amide bonds. The molecule has 0 spiro atoms. The second kappa shape index (κ2) is 8.18. The van der Waals surface area contributed by atoms with Crippen molar-refractivity contribution >= 4 is 11.8 Å². The molecule has 1 aliphatic rings. The van der Waals surface area contributed by atoms with E-state index < -0.39 is 0 Å². The third-order valence-electron chi connectivity index (χ3n) is 5.41. The Kier molecular flexibility index (Phi) is 5.10. The number of hydrogen-bond donors (Lipinski definition) is 0. The van der Waals surface area contributed by atoms with Crippen molar-refractivity contribution in [3.8, 4) is 16.9 Å². The van der Waals surface area contributed by atoms with Gasteiger partial charge in [0, 0.05) is 22.8 Å². The second-order valence-electron chi connectivity index (χ2n) is 7.29. The number of benzene rings is 4. The lowest BCUT2D eigenvalue weighted by Crippen LogP contribution is -2.23. The highest BCUT2D eigenvalue weighted by atomic mass is 32.2. The van der Waals surface area contributed by atoms with Crippen LogP contribution in [0.4, 0.5) is 0 Å². The molecule has 1 nitrogen and oxygen atoms in total. The molecule has 1 heterocycles. The van der Waals surface area contributed by atoms with Crippen molar-refractivity contribution in [2.24, 2.45) is 0 Å². The van der Waals surface area contributed by atoms with Crippen molar-refractivity contribution in [2.75, 3.05) is 0 Å². The van der Waals surface area contributed by atoms with Gasteiger partial charge in [0.25, 0.3) is 0 Å². The van der Waals surface area contributed by atoms with Gasteiger partial charge < -0.3 is 4.74 Å². The average molecular weight is 395 g/mol. The number of para-hydroxylation sites is 1. The van der Waals surface area contributed by atoms with Crippen LogP contribution in [-0.4, -0.2) is 5.44 Å². The lowest BCUT2D eigenvalue weighted by molar-refractivity contribution is 0.245. The topological polar surface area (TPSA) is 9.23 Å². The Labute approximate surface area is 176 Å². The predicted octanol–water partition coefficient (Wildman–Crippen LogP) is 7.39. The van der Waals surface area contributed by atoms with Crippen molar-refractivity contribution in [1.82, 2.24) is 0 Å². The molecule has 0 N–H and O–H groups in total. The Morgan fingerprint density at radius 3 is 2.00 bits per heavy atom. The molecule has 2 heteroatoms. The molecule has 0 aromatic heterocycles. The highest BCUT2D eigenvalue weighted by molar-refractivity contribution is 7.99. The van der Waals surface area contributed by atoms with Crippen molar-refractivity contribution in [3.05, 3.63) is 120 Å². The van der Waals surface area contributed by atoms with Gasteiger partial charge in [-0.05, 0) is 34.9 Å². The fraction of sp³-hybridized carbons (Fsp3) is 0.111.